The number of likely N-dealkylation sites (tertiary alicyclic amines) is 2. The largest absolute Gasteiger partial charge is 0.444 e. The maximum Gasteiger partial charge on any atom is 0.410 e. The van der Waals surface area contributed by atoms with Gasteiger partial charge in [0.2, 0.25) is 0 Å². The molecule has 2 rings (SSSR count). The molecule has 0 aromatic carbocycles. The van der Waals surface area contributed by atoms with E-state index in [2.05, 4.69) is 0 Å². The van der Waals surface area contributed by atoms with Crippen LogP contribution in [0.4, 0.5) is 9.59 Å². The molecule has 0 radical (unpaired) electrons. The number of piperidine rings is 2. The smallest absolute Gasteiger partial charge is 0.410 e. The number of hydrogen-bond donors (Lipinski definition) is 0. The van der Waals surface area contributed by atoms with Gasteiger partial charge in [-0.15, -0.1) is 0 Å². The zero-order chi connectivity index (χ0) is 27.8. The first-order valence-corrected chi connectivity index (χ1v) is 13.6. The summed E-state index contributed by atoms with van der Waals surface area (Å²) in [5.74, 6) is 0.516. The third-order valence-electron chi connectivity index (χ3n) is 6.52. The van der Waals surface area contributed by atoms with E-state index in [4.69, 9.17) is 9.47 Å². The number of carbonyl (C=O) groups excluding carboxylic acids is 4. The van der Waals surface area contributed by atoms with Gasteiger partial charge in [0.1, 0.15) is 22.8 Å². The molecule has 0 N–H and O–H groups in total. The number of amides is 2. The van der Waals surface area contributed by atoms with Crippen LogP contribution < -0.4 is 0 Å². The Hall–Kier alpha value is -2.12. The number of ether oxygens (including phenoxy) is 2. The zero-order valence-corrected chi connectivity index (χ0v) is 24.3. The van der Waals surface area contributed by atoms with Gasteiger partial charge < -0.3 is 19.3 Å². The standard InChI is InChI=1S/2C14H25NO3/c2*1-6-10-8-12(16)9-11(7-2)15(10)13(17)18-14(3,4)5/h2*10-11H,6-9H2,1-5H3/t2*10-,11-/m10/s1. The molecule has 36 heavy (non-hydrogen) atoms. The van der Waals surface area contributed by atoms with Crippen LogP contribution in [0.25, 0.3) is 0 Å². The van der Waals surface area contributed by atoms with Crippen LogP contribution >= 0.6 is 0 Å². The Labute approximate surface area is 218 Å². The van der Waals surface area contributed by atoms with Crippen molar-refractivity contribution in [3.05, 3.63) is 0 Å². The predicted octanol–water partition coefficient (Wildman–Crippen LogP) is 6.29. The van der Waals surface area contributed by atoms with Crippen LogP contribution in [0.3, 0.4) is 0 Å². The monoisotopic (exact) mass is 510 g/mol. The highest BCUT2D eigenvalue weighted by Gasteiger charge is 2.39. The summed E-state index contributed by atoms with van der Waals surface area (Å²) in [6.45, 7) is 19.2. The minimum absolute atomic E-state index is 0.00829. The normalized spacial score (nSPS) is 25.2. The van der Waals surface area contributed by atoms with Gasteiger partial charge in [-0.05, 0) is 67.2 Å². The molecule has 0 aromatic rings. The summed E-state index contributed by atoms with van der Waals surface area (Å²) in [5, 5.41) is 0. The summed E-state index contributed by atoms with van der Waals surface area (Å²) in [6.07, 6.45) is 4.46. The van der Waals surface area contributed by atoms with Crippen molar-refractivity contribution in [2.24, 2.45) is 0 Å². The van der Waals surface area contributed by atoms with E-state index in [1.807, 2.05) is 69.2 Å². The molecule has 2 saturated heterocycles. The molecule has 0 unspecified atom stereocenters. The van der Waals surface area contributed by atoms with E-state index in [0.717, 1.165) is 25.7 Å². The van der Waals surface area contributed by atoms with E-state index >= 15 is 0 Å². The second-order valence-electron chi connectivity index (χ2n) is 11.9. The van der Waals surface area contributed by atoms with Crippen molar-refractivity contribution in [1.29, 1.82) is 0 Å². The minimum Gasteiger partial charge on any atom is -0.444 e. The first-order chi connectivity index (χ1) is 16.6. The summed E-state index contributed by atoms with van der Waals surface area (Å²) in [7, 11) is 0. The lowest BCUT2D eigenvalue weighted by atomic mass is 9.92. The Morgan fingerprint density at radius 3 is 1.00 bits per heavy atom. The molecule has 8 heteroatoms. The van der Waals surface area contributed by atoms with Crippen LogP contribution in [0.15, 0.2) is 0 Å². The summed E-state index contributed by atoms with van der Waals surface area (Å²) >= 11 is 0. The number of Topliss-reactive ketones (excluding diaryl/α,β-unsaturated/α-hetero) is 2. The SMILES string of the molecule is CC[C@@H]1CC(=O)C[C@@H](CC)N1C(=O)OC(C)(C)C.CC[C@H]1CC(=O)C[C@H](CC)N1C(=O)OC(C)(C)C. The van der Waals surface area contributed by atoms with Gasteiger partial charge in [-0.3, -0.25) is 9.59 Å². The highest BCUT2D eigenvalue weighted by Crippen LogP contribution is 2.28. The number of rotatable bonds is 4. The summed E-state index contributed by atoms with van der Waals surface area (Å²) in [6, 6.07) is -0.0331. The van der Waals surface area contributed by atoms with Crippen LogP contribution in [-0.4, -0.2) is 68.9 Å². The van der Waals surface area contributed by atoms with E-state index in [-0.39, 0.29) is 47.9 Å². The lowest BCUT2D eigenvalue weighted by Gasteiger charge is -2.41. The third-order valence-corrected chi connectivity index (χ3v) is 6.52. The van der Waals surface area contributed by atoms with Crippen molar-refractivity contribution in [2.75, 3.05) is 0 Å². The molecule has 2 heterocycles. The molecular weight excluding hydrogens is 460 g/mol. The number of ketones is 2. The van der Waals surface area contributed by atoms with Crippen molar-refractivity contribution in [3.63, 3.8) is 0 Å². The molecule has 2 fully saturated rings. The number of nitrogens with zero attached hydrogens (tertiary/aromatic N) is 2. The molecule has 208 valence electrons. The highest BCUT2D eigenvalue weighted by atomic mass is 16.6. The van der Waals surface area contributed by atoms with Crippen molar-refractivity contribution in [3.8, 4) is 0 Å². The number of carbonyl (C=O) groups is 4. The molecule has 0 saturated carbocycles. The molecule has 0 aromatic heterocycles. The average molecular weight is 511 g/mol. The van der Waals surface area contributed by atoms with Gasteiger partial charge in [0.05, 0.1) is 0 Å². The Morgan fingerprint density at radius 2 is 0.833 bits per heavy atom. The number of hydrogen-bond acceptors (Lipinski definition) is 6. The highest BCUT2D eigenvalue weighted by molar-refractivity contribution is 5.83. The van der Waals surface area contributed by atoms with E-state index in [1.54, 1.807) is 9.80 Å². The molecule has 2 aliphatic heterocycles. The van der Waals surface area contributed by atoms with E-state index in [1.165, 1.54) is 0 Å². The van der Waals surface area contributed by atoms with Crippen LogP contribution in [0.5, 0.6) is 0 Å². The predicted molar refractivity (Wildman–Crippen MR) is 141 cm³/mol. The van der Waals surface area contributed by atoms with Gasteiger partial charge >= 0.3 is 12.2 Å². The second-order valence-corrected chi connectivity index (χ2v) is 11.9. The molecule has 2 amide bonds. The van der Waals surface area contributed by atoms with Crippen molar-refractivity contribution in [2.45, 2.75) is 156 Å². The Balaban J connectivity index is 0.000000360. The van der Waals surface area contributed by atoms with Crippen molar-refractivity contribution < 1.29 is 28.7 Å². The van der Waals surface area contributed by atoms with Gasteiger partial charge in [0, 0.05) is 49.9 Å². The van der Waals surface area contributed by atoms with Crippen LogP contribution in [-0.2, 0) is 19.1 Å². The molecule has 4 atom stereocenters. The first kappa shape index (κ1) is 31.9. The molecule has 8 nitrogen and oxygen atoms in total. The van der Waals surface area contributed by atoms with Gasteiger partial charge in [0.15, 0.2) is 0 Å². The fraction of sp³-hybridized carbons (Fsp3) is 0.857. The van der Waals surface area contributed by atoms with Crippen LogP contribution in [0.2, 0.25) is 0 Å². The Kier molecular flexibility index (Phi) is 11.9. The van der Waals surface area contributed by atoms with Crippen molar-refractivity contribution in [1.82, 2.24) is 9.80 Å². The summed E-state index contributed by atoms with van der Waals surface area (Å²) < 4.78 is 10.9. The molecular formula is C28H50N2O6. The topological polar surface area (TPSA) is 93.2 Å². The van der Waals surface area contributed by atoms with Gasteiger partial charge in [-0.1, -0.05) is 27.7 Å². The van der Waals surface area contributed by atoms with Gasteiger partial charge in [-0.2, -0.15) is 0 Å². The lowest BCUT2D eigenvalue weighted by molar-refractivity contribution is -0.126. The van der Waals surface area contributed by atoms with E-state index in [0.29, 0.717) is 25.7 Å². The third kappa shape index (κ3) is 9.74. The van der Waals surface area contributed by atoms with Gasteiger partial charge in [0.25, 0.3) is 0 Å². The first-order valence-electron chi connectivity index (χ1n) is 13.6. The van der Waals surface area contributed by atoms with Crippen LogP contribution in [0, 0.1) is 0 Å². The average Bonchev–Trinajstić information content (AvgIpc) is 2.75. The van der Waals surface area contributed by atoms with Crippen LogP contribution in [0.1, 0.15) is 121 Å². The molecule has 0 bridgehead atoms. The maximum absolute atomic E-state index is 12.3. The zero-order valence-electron chi connectivity index (χ0n) is 24.3. The Morgan fingerprint density at radius 1 is 0.611 bits per heavy atom. The van der Waals surface area contributed by atoms with Crippen molar-refractivity contribution >= 4 is 23.8 Å². The summed E-state index contributed by atoms with van der Waals surface area (Å²) in [5.41, 5.74) is -0.982. The van der Waals surface area contributed by atoms with Gasteiger partial charge in [-0.25, -0.2) is 9.59 Å². The molecule has 0 spiro atoms. The lowest BCUT2D eigenvalue weighted by Crippen LogP contribution is -2.53. The fourth-order valence-corrected chi connectivity index (χ4v) is 4.80. The quantitative estimate of drug-likeness (QED) is 0.441. The molecule has 0 aliphatic carbocycles. The fourth-order valence-electron chi connectivity index (χ4n) is 4.80. The van der Waals surface area contributed by atoms with E-state index in [9.17, 15) is 19.2 Å². The summed E-state index contributed by atoms with van der Waals surface area (Å²) in [4.78, 5) is 51.4. The Bertz CT molecular complexity index is 671. The maximum atomic E-state index is 12.3. The minimum atomic E-state index is -0.491. The molecule has 2 aliphatic rings. The van der Waals surface area contributed by atoms with E-state index < -0.39 is 11.2 Å². The second kappa shape index (κ2) is 13.4.